The quantitative estimate of drug-likeness (QED) is 0.578. The zero-order valence-electron chi connectivity index (χ0n) is 8.91. The molecule has 0 unspecified atom stereocenters. The molecule has 0 heterocycles. The summed E-state index contributed by atoms with van der Waals surface area (Å²) in [7, 11) is 3.75. The molecule has 3 heteroatoms. The first-order chi connectivity index (χ1) is 6.74. The molecule has 0 aromatic heterocycles. The fourth-order valence-electron chi connectivity index (χ4n) is 0.692. The van der Waals surface area contributed by atoms with Gasteiger partial charge in [-0.3, -0.25) is 4.79 Å². The zero-order chi connectivity index (χ0) is 10.8. The summed E-state index contributed by atoms with van der Waals surface area (Å²) in [5, 5.41) is 2.75. The van der Waals surface area contributed by atoms with Crippen LogP contribution in [0.15, 0.2) is 30.3 Å². The molecular weight excluding hydrogens is 178 g/mol. The Morgan fingerprint density at radius 1 is 1.29 bits per heavy atom. The molecule has 1 N–H and O–H groups in total. The molecule has 0 radical (unpaired) electrons. The molecule has 0 amide bonds. The van der Waals surface area contributed by atoms with E-state index in [1.807, 2.05) is 32.3 Å². The van der Waals surface area contributed by atoms with Crippen LogP contribution in [-0.4, -0.2) is 20.1 Å². The van der Waals surface area contributed by atoms with Gasteiger partial charge in [0.05, 0.1) is 0 Å². The molecule has 78 valence electrons. The van der Waals surface area contributed by atoms with Crippen LogP contribution in [0.3, 0.4) is 0 Å². The Morgan fingerprint density at radius 2 is 1.79 bits per heavy atom. The second kappa shape index (κ2) is 8.26. The van der Waals surface area contributed by atoms with Crippen LogP contribution in [0, 0.1) is 0 Å². The van der Waals surface area contributed by atoms with E-state index in [1.165, 1.54) is 0 Å². The van der Waals surface area contributed by atoms with Crippen LogP contribution in [0.5, 0.6) is 5.75 Å². The van der Waals surface area contributed by atoms with Gasteiger partial charge in [-0.05, 0) is 26.2 Å². The third kappa shape index (κ3) is 6.20. The molecule has 14 heavy (non-hydrogen) atoms. The first-order valence-corrected chi connectivity index (χ1v) is 4.58. The van der Waals surface area contributed by atoms with Gasteiger partial charge in [-0.1, -0.05) is 25.1 Å². The summed E-state index contributed by atoms with van der Waals surface area (Å²) in [6.45, 7) is 1.77. The number of benzene rings is 1. The second-order valence-electron chi connectivity index (χ2n) is 2.64. The van der Waals surface area contributed by atoms with Crippen LogP contribution >= 0.6 is 0 Å². The number of hydrogen-bond acceptors (Lipinski definition) is 3. The molecule has 0 aliphatic rings. The molecule has 3 nitrogen and oxygen atoms in total. The summed E-state index contributed by atoms with van der Waals surface area (Å²) in [5.41, 5.74) is 0. The van der Waals surface area contributed by atoms with Crippen molar-refractivity contribution < 1.29 is 9.53 Å². The van der Waals surface area contributed by atoms with Crippen LogP contribution in [-0.2, 0) is 4.79 Å². The van der Waals surface area contributed by atoms with Crippen molar-refractivity contribution in [2.45, 2.75) is 13.3 Å². The lowest BCUT2D eigenvalue weighted by atomic mass is 10.3. The minimum absolute atomic E-state index is 0.198. The average molecular weight is 195 g/mol. The van der Waals surface area contributed by atoms with Crippen molar-refractivity contribution >= 4 is 5.97 Å². The van der Waals surface area contributed by atoms with E-state index in [4.69, 9.17) is 4.74 Å². The van der Waals surface area contributed by atoms with Crippen LogP contribution in [0.25, 0.3) is 0 Å². The summed E-state index contributed by atoms with van der Waals surface area (Å²) >= 11 is 0. The molecule has 0 fully saturated rings. The van der Waals surface area contributed by atoms with Crippen LogP contribution in [0.4, 0.5) is 0 Å². The maximum Gasteiger partial charge on any atom is 0.310 e. The molecule has 0 aliphatic heterocycles. The lowest BCUT2D eigenvalue weighted by molar-refractivity contribution is -0.134. The summed E-state index contributed by atoms with van der Waals surface area (Å²) in [6, 6.07) is 9.06. The van der Waals surface area contributed by atoms with E-state index in [-0.39, 0.29) is 5.97 Å². The van der Waals surface area contributed by atoms with Crippen molar-refractivity contribution in [1.82, 2.24) is 5.32 Å². The Labute approximate surface area is 85.1 Å². The molecule has 0 atom stereocenters. The maximum absolute atomic E-state index is 10.8. The predicted octanol–water partition coefficient (Wildman–Crippen LogP) is 1.84. The first kappa shape index (κ1) is 12.7. The molecule has 1 rings (SSSR count). The number of ether oxygens (including phenoxy) is 1. The Kier molecular flexibility index (Phi) is 7.46. The molecular formula is C11H17NO2. The second-order valence-corrected chi connectivity index (χ2v) is 2.64. The van der Waals surface area contributed by atoms with Gasteiger partial charge in [-0.15, -0.1) is 0 Å². The van der Waals surface area contributed by atoms with Crippen molar-refractivity contribution in [1.29, 1.82) is 0 Å². The highest BCUT2D eigenvalue weighted by molar-refractivity contribution is 5.71. The average Bonchev–Trinajstić information content (AvgIpc) is 2.20. The Morgan fingerprint density at radius 3 is 2.21 bits per heavy atom. The molecule has 1 aromatic rings. The van der Waals surface area contributed by atoms with Gasteiger partial charge in [0.2, 0.25) is 0 Å². The maximum atomic E-state index is 10.8. The SMILES string of the molecule is CCC(=O)Oc1ccccc1.CNC. The number of carbonyl (C=O) groups excluding carboxylic acids is 1. The minimum Gasteiger partial charge on any atom is -0.427 e. The highest BCUT2D eigenvalue weighted by Gasteiger charge is 1.98. The third-order valence-corrected chi connectivity index (χ3v) is 1.26. The summed E-state index contributed by atoms with van der Waals surface area (Å²) in [5.74, 6) is 0.413. The van der Waals surface area contributed by atoms with Crippen LogP contribution in [0.1, 0.15) is 13.3 Å². The van der Waals surface area contributed by atoms with E-state index in [1.54, 1.807) is 19.1 Å². The topological polar surface area (TPSA) is 38.3 Å². The summed E-state index contributed by atoms with van der Waals surface area (Å²) in [6.07, 6.45) is 0.412. The minimum atomic E-state index is -0.198. The van der Waals surface area contributed by atoms with Crippen LogP contribution < -0.4 is 10.1 Å². The van der Waals surface area contributed by atoms with Gasteiger partial charge in [-0.2, -0.15) is 0 Å². The zero-order valence-corrected chi connectivity index (χ0v) is 8.91. The molecule has 0 spiro atoms. The van der Waals surface area contributed by atoms with Crippen molar-refractivity contribution in [2.75, 3.05) is 14.1 Å². The van der Waals surface area contributed by atoms with E-state index in [0.29, 0.717) is 12.2 Å². The van der Waals surface area contributed by atoms with E-state index in [9.17, 15) is 4.79 Å². The van der Waals surface area contributed by atoms with Gasteiger partial charge in [0.25, 0.3) is 0 Å². The van der Waals surface area contributed by atoms with Crippen molar-refractivity contribution in [3.8, 4) is 5.75 Å². The normalized spacial score (nSPS) is 8.50. The number of hydrogen-bond donors (Lipinski definition) is 1. The molecule has 0 saturated carbocycles. The van der Waals surface area contributed by atoms with Crippen molar-refractivity contribution in [3.63, 3.8) is 0 Å². The number of rotatable bonds is 2. The standard InChI is InChI=1S/C9H10O2.C2H7N/c1-2-9(10)11-8-6-4-3-5-7-8;1-3-2/h3-7H,2H2,1H3;3H,1-2H3. The number of para-hydroxylation sites is 1. The van der Waals surface area contributed by atoms with E-state index in [2.05, 4.69) is 5.32 Å². The summed E-state index contributed by atoms with van der Waals surface area (Å²) < 4.78 is 4.92. The van der Waals surface area contributed by atoms with Gasteiger partial charge < -0.3 is 10.1 Å². The smallest absolute Gasteiger partial charge is 0.310 e. The van der Waals surface area contributed by atoms with Crippen molar-refractivity contribution in [2.24, 2.45) is 0 Å². The largest absolute Gasteiger partial charge is 0.427 e. The van der Waals surface area contributed by atoms with E-state index < -0.39 is 0 Å². The van der Waals surface area contributed by atoms with Crippen molar-refractivity contribution in [3.05, 3.63) is 30.3 Å². The van der Waals surface area contributed by atoms with Gasteiger partial charge in [0, 0.05) is 6.42 Å². The number of nitrogens with one attached hydrogen (secondary N) is 1. The lowest BCUT2D eigenvalue weighted by Crippen LogP contribution is -2.04. The highest BCUT2D eigenvalue weighted by atomic mass is 16.5. The molecule has 1 aromatic carbocycles. The fourth-order valence-corrected chi connectivity index (χ4v) is 0.692. The summed E-state index contributed by atoms with van der Waals surface area (Å²) in [4.78, 5) is 10.8. The fraction of sp³-hybridized carbons (Fsp3) is 0.364. The molecule has 0 bridgehead atoms. The van der Waals surface area contributed by atoms with E-state index in [0.717, 1.165) is 0 Å². The number of carbonyl (C=O) groups is 1. The monoisotopic (exact) mass is 195 g/mol. The third-order valence-electron chi connectivity index (χ3n) is 1.26. The molecule has 0 aliphatic carbocycles. The number of esters is 1. The Hall–Kier alpha value is -1.35. The lowest BCUT2D eigenvalue weighted by Gasteiger charge is -1.99. The van der Waals surface area contributed by atoms with Gasteiger partial charge in [0.1, 0.15) is 5.75 Å². The van der Waals surface area contributed by atoms with E-state index >= 15 is 0 Å². The Balaban J connectivity index is 0.000000500. The predicted molar refractivity (Wildman–Crippen MR) is 57.4 cm³/mol. The highest BCUT2D eigenvalue weighted by Crippen LogP contribution is 2.08. The first-order valence-electron chi connectivity index (χ1n) is 4.58. The Bertz CT molecular complexity index is 247. The van der Waals surface area contributed by atoms with Gasteiger partial charge in [-0.25, -0.2) is 0 Å². The van der Waals surface area contributed by atoms with Crippen LogP contribution in [0.2, 0.25) is 0 Å². The van der Waals surface area contributed by atoms with Gasteiger partial charge >= 0.3 is 5.97 Å². The van der Waals surface area contributed by atoms with Gasteiger partial charge in [0.15, 0.2) is 0 Å². The molecule has 0 saturated heterocycles.